The van der Waals surface area contributed by atoms with Crippen LogP contribution in [0.1, 0.15) is 16.8 Å². The minimum absolute atomic E-state index is 0.217. The number of nitrogens with zero attached hydrogens (tertiary/aromatic N) is 2. The average Bonchev–Trinajstić information content (AvgIpc) is 2.76. The number of halogens is 4. The lowest BCUT2D eigenvalue weighted by Gasteiger charge is -2.11. The van der Waals surface area contributed by atoms with E-state index in [-0.39, 0.29) is 6.54 Å². The average molecular weight is 287 g/mol. The molecule has 0 radical (unpaired) electrons. The van der Waals surface area contributed by atoms with Gasteiger partial charge in [-0.1, -0.05) is 6.07 Å². The molecule has 1 aromatic heterocycles. The number of hydrogen-bond donors (Lipinski definition) is 1. The van der Waals surface area contributed by atoms with Crippen LogP contribution in [0.25, 0.3) is 0 Å². The largest absolute Gasteiger partial charge is 0.419 e. The molecule has 7 heteroatoms. The van der Waals surface area contributed by atoms with E-state index in [0.29, 0.717) is 12.1 Å². The smallest absolute Gasteiger partial charge is 0.307 e. The van der Waals surface area contributed by atoms with Crippen molar-refractivity contribution in [3.8, 4) is 0 Å². The zero-order valence-corrected chi connectivity index (χ0v) is 10.7. The normalized spacial score (nSPS) is 11.8. The summed E-state index contributed by atoms with van der Waals surface area (Å²) in [5, 5.41) is 6.97. The third kappa shape index (κ3) is 3.36. The van der Waals surface area contributed by atoms with E-state index in [0.717, 1.165) is 17.8 Å². The molecule has 0 aliphatic rings. The van der Waals surface area contributed by atoms with E-state index in [9.17, 15) is 17.6 Å². The van der Waals surface area contributed by atoms with Crippen LogP contribution in [0, 0.1) is 5.82 Å². The molecule has 0 bridgehead atoms. The monoisotopic (exact) mass is 287 g/mol. The Hall–Kier alpha value is -1.89. The van der Waals surface area contributed by atoms with Crippen molar-refractivity contribution in [2.24, 2.45) is 7.05 Å². The van der Waals surface area contributed by atoms with Gasteiger partial charge in [0.25, 0.3) is 0 Å². The molecule has 20 heavy (non-hydrogen) atoms. The fourth-order valence-corrected chi connectivity index (χ4v) is 1.81. The Labute approximate surface area is 113 Å². The van der Waals surface area contributed by atoms with E-state index in [4.69, 9.17) is 0 Å². The molecule has 108 valence electrons. The van der Waals surface area contributed by atoms with Crippen LogP contribution in [0.3, 0.4) is 0 Å². The van der Waals surface area contributed by atoms with Gasteiger partial charge < -0.3 is 5.32 Å². The Morgan fingerprint density at radius 1 is 1.20 bits per heavy atom. The van der Waals surface area contributed by atoms with Crippen molar-refractivity contribution in [2.75, 3.05) is 0 Å². The number of aryl methyl sites for hydroxylation is 1. The van der Waals surface area contributed by atoms with Crippen LogP contribution in [0.2, 0.25) is 0 Å². The first-order valence-electron chi connectivity index (χ1n) is 5.91. The summed E-state index contributed by atoms with van der Waals surface area (Å²) in [5.74, 6) is -1.26. The number of nitrogens with one attached hydrogen (secondary N) is 1. The van der Waals surface area contributed by atoms with Crippen molar-refractivity contribution in [1.82, 2.24) is 15.1 Å². The Morgan fingerprint density at radius 3 is 2.55 bits per heavy atom. The topological polar surface area (TPSA) is 29.9 Å². The molecule has 0 aliphatic heterocycles. The zero-order valence-electron chi connectivity index (χ0n) is 10.7. The van der Waals surface area contributed by atoms with Gasteiger partial charge in [-0.2, -0.15) is 18.3 Å². The van der Waals surface area contributed by atoms with Gasteiger partial charge in [0.1, 0.15) is 5.82 Å². The SMILES string of the molecule is Cn1nccc1CNCc1ccc(F)c(C(F)(F)F)c1. The molecule has 0 atom stereocenters. The maximum atomic E-state index is 13.1. The third-order valence-corrected chi connectivity index (χ3v) is 2.89. The van der Waals surface area contributed by atoms with Crippen molar-refractivity contribution < 1.29 is 17.6 Å². The summed E-state index contributed by atoms with van der Waals surface area (Å²) in [4.78, 5) is 0. The molecule has 0 spiro atoms. The Morgan fingerprint density at radius 2 is 1.95 bits per heavy atom. The fraction of sp³-hybridized carbons (Fsp3) is 0.308. The standard InChI is InChI=1S/C13H13F4N3/c1-20-10(4-5-19-20)8-18-7-9-2-3-12(14)11(6-9)13(15,16)17/h2-6,18H,7-8H2,1H3. The number of benzene rings is 1. The van der Waals surface area contributed by atoms with Gasteiger partial charge in [0.2, 0.25) is 0 Å². The molecular formula is C13H13F4N3. The van der Waals surface area contributed by atoms with Crippen molar-refractivity contribution in [1.29, 1.82) is 0 Å². The first kappa shape index (κ1) is 14.5. The first-order valence-corrected chi connectivity index (χ1v) is 5.91. The van der Waals surface area contributed by atoms with E-state index in [2.05, 4.69) is 10.4 Å². The predicted molar refractivity (Wildman–Crippen MR) is 65.2 cm³/mol. The highest BCUT2D eigenvalue weighted by Gasteiger charge is 2.34. The minimum Gasteiger partial charge on any atom is -0.307 e. The molecule has 0 fully saturated rings. The fourth-order valence-electron chi connectivity index (χ4n) is 1.81. The van der Waals surface area contributed by atoms with E-state index < -0.39 is 17.6 Å². The molecule has 0 amide bonds. The highest BCUT2D eigenvalue weighted by Crippen LogP contribution is 2.31. The van der Waals surface area contributed by atoms with Crippen molar-refractivity contribution in [2.45, 2.75) is 19.3 Å². The first-order chi connectivity index (χ1) is 9.38. The second kappa shape index (κ2) is 5.62. The van der Waals surface area contributed by atoms with Gasteiger partial charge in [0.05, 0.1) is 11.3 Å². The van der Waals surface area contributed by atoms with Crippen LogP contribution in [0.5, 0.6) is 0 Å². The van der Waals surface area contributed by atoms with Crippen LogP contribution >= 0.6 is 0 Å². The molecule has 0 unspecified atom stereocenters. The lowest BCUT2D eigenvalue weighted by atomic mass is 10.1. The van der Waals surface area contributed by atoms with Gasteiger partial charge in [-0.25, -0.2) is 4.39 Å². The van der Waals surface area contributed by atoms with Crippen molar-refractivity contribution in [3.63, 3.8) is 0 Å². The molecule has 3 nitrogen and oxygen atoms in total. The van der Waals surface area contributed by atoms with Crippen molar-refractivity contribution in [3.05, 3.63) is 53.1 Å². The van der Waals surface area contributed by atoms with Crippen LogP contribution in [-0.2, 0) is 26.3 Å². The molecule has 1 N–H and O–H groups in total. The summed E-state index contributed by atoms with van der Waals surface area (Å²) in [6, 6.07) is 4.80. The molecule has 0 aliphatic carbocycles. The van der Waals surface area contributed by atoms with Crippen LogP contribution in [0.15, 0.2) is 30.5 Å². The van der Waals surface area contributed by atoms with Gasteiger partial charge >= 0.3 is 6.18 Å². The predicted octanol–water partition coefficient (Wildman–Crippen LogP) is 2.87. The highest BCUT2D eigenvalue weighted by molar-refractivity contribution is 5.27. The van der Waals surface area contributed by atoms with E-state index in [1.54, 1.807) is 24.0 Å². The molecule has 1 aromatic carbocycles. The Bertz CT molecular complexity index is 590. The van der Waals surface area contributed by atoms with Crippen LogP contribution in [-0.4, -0.2) is 9.78 Å². The highest BCUT2D eigenvalue weighted by atomic mass is 19.4. The van der Waals surface area contributed by atoms with Crippen LogP contribution in [0.4, 0.5) is 17.6 Å². The summed E-state index contributed by atoms with van der Waals surface area (Å²) in [6.07, 6.45) is -3.04. The van der Waals surface area contributed by atoms with Gasteiger partial charge in [-0.05, 0) is 23.8 Å². The van der Waals surface area contributed by atoms with Gasteiger partial charge in [0.15, 0.2) is 0 Å². The summed E-state index contributed by atoms with van der Waals surface area (Å²) in [6.45, 7) is 0.684. The number of hydrogen-bond acceptors (Lipinski definition) is 2. The summed E-state index contributed by atoms with van der Waals surface area (Å²) < 4.78 is 52.4. The minimum atomic E-state index is -4.68. The van der Waals surface area contributed by atoms with E-state index in [1.165, 1.54) is 6.07 Å². The molecule has 0 saturated heterocycles. The lowest BCUT2D eigenvalue weighted by molar-refractivity contribution is -0.140. The molecular weight excluding hydrogens is 274 g/mol. The third-order valence-electron chi connectivity index (χ3n) is 2.89. The molecule has 1 heterocycles. The maximum Gasteiger partial charge on any atom is 0.419 e. The number of alkyl halides is 3. The quantitative estimate of drug-likeness (QED) is 0.876. The van der Waals surface area contributed by atoms with Crippen molar-refractivity contribution >= 4 is 0 Å². The summed E-state index contributed by atoms with van der Waals surface area (Å²) in [5.41, 5.74) is 0.0429. The molecule has 0 saturated carbocycles. The second-order valence-electron chi connectivity index (χ2n) is 4.36. The summed E-state index contributed by atoms with van der Waals surface area (Å²) in [7, 11) is 1.77. The Balaban J connectivity index is 2.02. The lowest BCUT2D eigenvalue weighted by Crippen LogP contribution is -2.16. The van der Waals surface area contributed by atoms with Crippen LogP contribution < -0.4 is 5.32 Å². The zero-order chi connectivity index (χ0) is 14.8. The van der Waals surface area contributed by atoms with E-state index in [1.807, 2.05) is 0 Å². The second-order valence-corrected chi connectivity index (χ2v) is 4.36. The maximum absolute atomic E-state index is 13.1. The van der Waals surface area contributed by atoms with Gasteiger partial charge in [-0.3, -0.25) is 4.68 Å². The Kier molecular flexibility index (Phi) is 4.08. The van der Waals surface area contributed by atoms with Gasteiger partial charge in [0, 0.05) is 26.3 Å². The molecule has 2 aromatic rings. The van der Waals surface area contributed by atoms with Gasteiger partial charge in [-0.15, -0.1) is 0 Å². The number of rotatable bonds is 4. The number of aromatic nitrogens is 2. The summed E-state index contributed by atoms with van der Waals surface area (Å²) >= 11 is 0. The molecule has 2 rings (SSSR count). The van der Waals surface area contributed by atoms with E-state index >= 15 is 0 Å².